The van der Waals surface area contributed by atoms with Crippen molar-refractivity contribution in [3.05, 3.63) is 40.7 Å². The summed E-state index contributed by atoms with van der Waals surface area (Å²) in [7, 11) is 0. The first-order valence-corrected chi connectivity index (χ1v) is 7.84. The van der Waals surface area contributed by atoms with Gasteiger partial charge in [-0.1, -0.05) is 0 Å². The third-order valence-corrected chi connectivity index (χ3v) is 4.00. The first kappa shape index (κ1) is 16.1. The van der Waals surface area contributed by atoms with Gasteiger partial charge in [0.05, 0.1) is 18.9 Å². The Morgan fingerprint density at radius 1 is 1.42 bits per heavy atom. The monoisotopic (exact) mass is 325 g/mol. The lowest BCUT2D eigenvalue weighted by molar-refractivity contribution is 0.138. The Hall–Kier alpha value is -2.72. The van der Waals surface area contributed by atoms with Crippen LogP contribution in [0, 0.1) is 25.2 Å². The van der Waals surface area contributed by atoms with E-state index in [9.17, 15) is 5.26 Å². The molecule has 0 aliphatic carbocycles. The van der Waals surface area contributed by atoms with Gasteiger partial charge in [-0.15, -0.1) is 5.10 Å². The zero-order valence-electron chi connectivity index (χ0n) is 13.7. The second-order valence-electron chi connectivity index (χ2n) is 5.71. The highest BCUT2D eigenvalue weighted by Crippen LogP contribution is 2.19. The predicted octanol–water partition coefficient (Wildman–Crippen LogP) is 2.14. The Labute approximate surface area is 140 Å². The van der Waals surface area contributed by atoms with Gasteiger partial charge in [0.25, 0.3) is 0 Å². The van der Waals surface area contributed by atoms with Crippen LogP contribution in [-0.4, -0.2) is 34.5 Å². The summed E-state index contributed by atoms with van der Waals surface area (Å²) < 4.78 is 11.1. The topological polar surface area (TPSA) is 93.0 Å². The first-order chi connectivity index (χ1) is 11.7. The molecule has 0 aromatic carbocycles. The molecule has 7 heteroatoms. The van der Waals surface area contributed by atoms with Crippen LogP contribution < -0.4 is 10.1 Å². The predicted molar refractivity (Wildman–Crippen MR) is 87.6 cm³/mol. The second-order valence-corrected chi connectivity index (χ2v) is 5.71. The molecule has 2 aromatic rings. The number of nitrogens with one attached hydrogen (secondary N) is 1. The van der Waals surface area contributed by atoms with E-state index in [0.29, 0.717) is 30.4 Å². The number of hydrogen-bond acceptors (Lipinski definition) is 7. The van der Waals surface area contributed by atoms with Gasteiger partial charge < -0.3 is 14.8 Å². The van der Waals surface area contributed by atoms with E-state index >= 15 is 0 Å². The molecule has 0 radical (unpaired) electrons. The highest BCUT2D eigenvalue weighted by molar-refractivity contribution is 5.55. The van der Waals surface area contributed by atoms with Crippen molar-refractivity contribution in [1.29, 1.82) is 5.26 Å². The van der Waals surface area contributed by atoms with Crippen LogP contribution in [0.3, 0.4) is 0 Å². The molecular formula is C17H19N5O2. The summed E-state index contributed by atoms with van der Waals surface area (Å²) >= 11 is 0. The molecule has 0 spiro atoms. The van der Waals surface area contributed by atoms with Crippen LogP contribution in [-0.2, 0) is 11.3 Å². The molecule has 24 heavy (non-hydrogen) atoms. The average Bonchev–Trinajstić information content (AvgIpc) is 3.09. The quantitative estimate of drug-likeness (QED) is 0.900. The lowest BCUT2D eigenvalue weighted by Crippen LogP contribution is -2.16. The van der Waals surface area contributed by atoms with Crippen molar-refractivity contribution in [2.75, 3.05) is 18.5 Å². The molecule has 0 bridgehead atoms. The summed E-state index contributed by atoms with van der Waals surface area (Å²) in [5.41, 5.74) is 3.12. The van der Waals surface area contributed by atoms with E-state index in [4.69, 9.17) is 9.47 Å². The number of nitriles is 1. The molecule has 2 aromatic heterocycles. The third-order valence-electron chi connectivity index (χ3n) is 4.00. The Morgan fingerprint density at radius 2 is 2.29 bits per heavy atom. The minimum absolute atomic E-state index is 0.0662. The Balaban J connectivity index is 1.69. The lowest BCUT2D eigenvalue weighted by atomic mass is 10.1. The zero-order chi connectivity index (χ0) is 16.9. The van der Waals surface area contributed by atoms with Crippen molar-refractivity contribution < 1.29 is 9.47 Å². The Morgan fingerprint density at radius 3 is 3.04 bits per heavy atom. The van der Waals surface area contributed by atoms with Crippen molar-refractivity contribution in [3.63, 3.8) is 0 Å². The van der Waals surface area contributed by atoms with E-state index < -0.39 is 0 Å². The number of rotatable bonds is 5. The summed E-state index contributed by atoms with van der Waals surface area (Å²) in [5.74, 6) is 1.07. The molecule has 1 saturated heterocycles. The van der Waals surface area contributed by atoms with E-state index in [0.717, 1.165) is 29.8 Å². The number of anilines is 1. The Kier molecular flexibility index (Phi) is 4.87. The fourth-order valence-corrected chi connectivity index (χ4v) is 2.46. The van der Waals surface area contributed by atoms with Gasteiger partial charge >= 0.3 is 0 Å². The van der Waals surface area contributed by atoms with E-state index in [2.05, 4.69) is 26.6 Å². The van der Waals surface area contributed by atoms with Crippen molar-refractivity contribution in [2.45, 2.75) is 32.9 Å². The van der Waals surface area contributed by atoms with Gasteiger partial charge in [0.1, 0.15) is 17.7 Å². The molecule has 124 valence electrons. The largest absolute Gasteiger partial charge is 0.472 e. The number of hydrogen-bond donors (Lipinski definition) is 1. The van der Waals surface area contributed by atoms with Gasteiger partial charge in [0.2, 0.25) is 5.88 Å². The maximum atomic E-state index is 9.32. The molecule has 1 aliphatic rings. The molecular weight excluding hydrogens is 306 g/mol. The normalized spacial score (nSPS) is 16.6. The molecule has 7 nitrogen and oxygen atoms in total. The number of ether oxygens (including phenoxy) is 2. The van der Waals surface area contributed by atoms with E-state index in [1.807, 2.05) is 26.0 Å². The summed E-state index contributed by atoms with van der Waals surface area (Å²) in [5, 5.41) is 20.6. The van der Waals surface area contributed by atoms with E-state index in [-0.39, 0.29) is 6.10 Å². The Bertz CT molecular complexity index is 766. The molecule has 1 unspecified atom stereocenters. The number of aromatic nitrogens is 3. The van der Waals surface area contributed by atoms with E-state index in [1.54, 1.807) is 6.20 Å². The standard InChI is InChI=1S/C17H19N5O2/c1-11-12(2)21-22-17(15(11)8-18)20-9-13-3-5-19-16(7-13)24-14-4-6-23-10-14/h3,5,7,14H,4,6,9-10H2,1-2H3,(H,20,22). The maximum absolute atomic E-state index is 9.32. The SMILES string of the molecule is Cc1nnc(NCc2ccnc(OC3CCOC3)c2)c(C#N)c1C. The van der Waals surface area contributed by atoms with Crippen LogP contribution in [0.15, 0.2) is 18.3 Å². The highest BCUT2D eigenvalue weighted by Gasteiger charge is 2.17. The van der Waals surface area contributed by atoms with Crippen molar-refractivity contribution in [3.8, 4) is 11.9 Å². The van der Waals surface area contributed by atoms with Crippen LogP contribution in [0.1, 0.15) is 28.8 Å². The van der Waals surface area contributed by atoms with Gasteiger partial charge in [-0.3, -0.25) is 0 Å². The van der Waals surface area contributed by atoms with Crippen LogP contribution in [0.2, 0.25) is 0 Å². The fourth-order valence-electron chi connectivity index (χ4n) is 2.46. The van der Waals surface area contributed by atoms with E-state index in [1.165, 1.54) is 0 Å². The van der Waals surface area contributed by atoms with Gasteiger partial charge in [-0.2, -0.15) is 10.4 Å². The molecule has 1 fully saturated rings. The van der Waals surface area contributed by atoms with Gasteiger partial charge in [-0.05, 0) is 31.0 Å². The van der Waals surface area contributed by atoms with Gasteiger partial charge in [0, 0.05) is 25.2 Å². The summed E-state index contributed by atoms with van der Waals surface area (Å²) in [4.78, 5) is 4.23. The molecule has 1 atom stereocenters. The molecule has 0 amide bonds. The van der Waals surface area contributed by atoms with Crippen molar-refractivity contribution >= 4 is 5.82 Å². The fraction of sp³-hybridized carbons (Fsp3) is 0.412. The smallest absolute Gasteiger partial charge is 0.213 e. The first-order valence-electron chi connectivity index (χ1n) is 7.84. The number of nitrogens with zero attached hydrogens (tertiary/aromatic N) is 4. The minimum atomic E-state index is 0.0662. The number of pyridine rings is 1. The minimum Gasteiger partial charge on any atom is -0.472 e. The summed E-state index contributed by atoms with van der Waals surface area (Å²) in [6.45, 7) is 5.55. The molecule has 3 rings (SSSR count). The summed E-state index contributed by atoms with van der Waals surface area (Å²) in [6, 6.07) is 5.96. The highest BCUT2D eigenvalue weighted by atomic mass is 16.5. The van der Waals surface area contributed by atoms with Crippen LogP contribution in [0.5, 0.6) is 5.88 Å². The molecule has 1 aliphatic heterocycles. The van der Waals surface area contributed by atoms with Gasteiger partial charge in [0.15, 0.2) is 5.82 Å². The van der Waals surface area contributed by atoms with Crippen molar-refractivity contribution in [1.82, 2.24) is 15.2 Å². The molecule has 1 N–H and O–H groups in total. The van der Waals surface area contributed by atoms with Crippen LogP contribution in [0.25, 0.3) is 0 Å². The molecule has 3 heterocycles. The summed E-state index contributed by atoms with van der Waals surface area (Å²) in [6.07, 6.45) is 2.66. The van der Waals surface area contributed by atoms with Crippen molar-refractivity contribution in [2.24, 2.45) is 0 Å². The average molecular weight is 325 g/mol. The number of aryl methyl sites for hydroxylation is 1. The third kappa shape index (κ3) is 3.60. The van der Waals surface area contributed by atoms with Crippen LogP contribution >= 0.6 is 0 Å². The second kappa shape index (κ2) is 7.23. The molecule has 0 saturated carbocycles. The maximum Gasteiger partial charge on any atom is 0.213 e. The lowest BCUT2D eigenvalue weighted by Gasteiger charge is -2.12. The van der Waals surface area contributed by atoms with Crippen LogP contribution in [0.4, 0.5) is 5.82 Å². The zero-order valence-corrected chi connectivity index (χ0v) is 13.7. The van der Waals surface area contributed by atoms with Gasteiger partial charge in [-0.25, -0.2) is 4.98 Å².